The second-order valence-corrected chi connectivity index (χ2v) is 6.50. The van der Waals surface area contributed by atoms with E-state index in [-0.39, 0.29) is 5.91 Å². The molecule has 0 spiro atoms. The van der Waals surface area contributed by atoms with Gasteiger partial charge in [-0.25, -0.2) is 0 Å². The number of hydrogen-bond acceptors (Lipinski definition) is 4. The predicted molar refractivity (Wildman–Crippen MR) is 97.3 cm³/mol. The average molecular weight is 333 g/mol. The van der Waals surface area contributed by atoms with Crippen LogP contribution >= 0.6 is 0 Å². The Morgan fingerprint density at radius 1 is 1.21 bits per heavy atom. The largest absolute Gasteiger partial charge is 0.383 e. The Morgan fingerprint density at radius 2 is 1.92 bits per heavy atom. The second kappa shape index (κ2) is 10.4. The normalized spacial score (nSPS) is 15.4. The molecule has 5 nitrogen and oxygen atoms in total. The van der Waals surface area contributed by atoms with E-state index in [1.807, 2.05) is 36.2 Å². The third kappa shape index (κ3) is 6.23. The number of carbonyl (C=O) groups excluding carboxylic acids is 1. The summed E-state index contributed by atoms with van der Waals surface area (Å²) in [6.07, 6.45) is 3.92. The number of nitrogens with one attached hydrogen (secondary N) is 1. The maximum Gasteiger partial charge on any atom is 0.253 e. The van der Waals surface area contributed by atoms with Crippen LogP contribution in [-0.4, -0.2) is 69.2 Å². The number of likely N-dealkylation sites (tertiary alicyclic amines) is 1. The van der Waals surface area contributed by atoms with Gasteiger partial charge >= 0.3 is 0 Å². The smallest absolute Gasteiger partial charge is 0.253 e. The molecule has 1 N–H and O–H groups in total. The van der Waals surface area contributed by atoms with E-state index >= 15 is 0 Å². The lowest BCUT2D eigenvalue weighted by atomic mass is 10.1. The number of amides is 1. The molecule has 5 heteroatoms. The zero-order valence-corrected chi connectivity index (χ0v) is 15.1. The molecule has 1 aromatic carbocycles. The van der Waals surface area contributed by atoms with Crippen LogP contribution in [0.3, 0.4) is 0 Å². The van der Waals surface area contributed by atoms with E-state index in [4.69, 9.17) is 4.74 Å². The van der Waals surface area contributed by atoms with Crippen LogP contribution in [0.4, 0.5) is 0 Å². The molecule has 0 unspecified atom stereocenters. The minimum absolute atomic E-state index is 0.103. The highest BCUT2D eigenvalue weighted by atomic mass is 16.5. The zero-order chi connectivity index (χ0) is 17.2. The number of carbonyl (C=O) groups is 1. The molecular weight excluding hydrogens is 302 g/mol. The molecule has 1 amide bonds. The Labute approximate surface area is 146 Å². The van der Waals surface area contributed by atoms with Gasteiger partial charge in [0.25, 0.3) is 5.91 Å². The first-order valence-electron chi connectivity index (χ1n) is 8.97. The van der Waals surface area contributed by atoms with Crippen molar-refractivity contribution in [2.75, 3.05) is 53.5 Å². The number of likely N-dealkylation sites (N-methyl/N-ethyl adjacent to an activating group) is 1. The van der Waals surface area contributed by atoms with Crippen molar-refractivity contribution in [1.82, 2.24) is 15.1 Å². The van der Waals surface area contributed by atoms with Gasteiger partial charge in [-0.3, -0.25) is 4.79 Å². The lowest BCUT2D eigenvalue weighted by Gasteiger charge is -2.28. The molecule has 0 bridgehead atoms. The van der Waals surface area contributed by atoms with Gasteiger partial charge in [-0.2, -0.15) is 0 Å². The summed E-state index contributed by atoms with van der Waals surface area (Å²) in [5.41, 5.74) is 1.94. The van der Waals surface area contributed by atoms with Gasteiger partial charge in [-0.05, 0) is 43.6 Å². The van der Waals surface area contributed by atoms with Crippen LogP contribution in [0.1, 0.15) is 35.2 Å². The minimum Gasteiger partial charge on any atom is -0.383 e. The second-order valence-electron chi connectivity index (χ2n) is 6.50. The predicted octanol–water partition coefficient (Wildman–Crippen LogP) is 1.98. The number of hydrogen-bond donors (Lipinski definition) is 1. The number of ether oxygens (including phenoxy) is 1. The van der Waals surface area contributed by atoms with Crippen molar-refractivity contribution in [3.05, 3.63) is 35.4 Å². The quantitative estimate of drug-likeness (QED) is 0.702. The molecule has 0 aromatic heterocycles. The van der Waals surface area contributed by atoms with Crippen LogP contribution in [0, 0.1) is 0 Å². The maximum absolute atomic E-state index is 12.5. The first-order chi connectivity index (χ1) is 11.7. The summed E-state index contributed by atoms with van der Waals surface area (Å²) < 4.78 is 5.01. The van der Waals surface area contributed by atoms with Crippen LogP contribution in [0.2, 0.25) is 0 Å². The standard InChI is InChI=1S/C19H31N3O2/c1-21(13-14-22-11-4-3-5-12-22)19(23)18-8-6-17(7-9-18)16-20-10-15-24-2/h6-9,20H,3-5,10-16H2,1-2H3. The van der Waals surface area contributed by atoms with Gasteiger partial charge in [0.05, 0.1) is 6.61 Å². The molecule has 2 rings (SSSR count). The fourth-order valence-electron chi connectivity index (χ4n) is 2.97. The Balaban J connectivity index is 1.76. The van der Waals surface area contributed by atoms with Crippen molar-refractivity contribution in [3.63, 3.8) is 0 Å². The van der Waals surface area contributed by atoms with E-state index in [0.29, 0.717) is 6.61 Å². The van der Waals surface area contributed by atoms with Crippen molar-refractivity contribution in [1.29, 1.82) is 0 Å². The summed E-state index contributed by atoms with van der Waals surface area (Å²) in [6, 6.07) is 7.89. The Bertz CT molecular complexity index is 484. The average Bonchev–Trinajstić information content (AvgIpc) is 2.64. The highest BCUT2D eigenvalue weighted by Gasteiger charge is 2.14. The molecule has 1 aliphatic heterocycles. The molecule has 0 radical (unpaired) electrons. The monoisotopic (exact) mass is 333 g/mol. The first-order valence-corrected chi connectivity index (χ1v) is 8.97. The van der Waals surface area contributed by atoms with Crippen LogP contribution < -0.4 is 5.32 Å². The summed E-state index contributed by atoms with van der Waals surface area (Å²) >= 11 is 0. The SMILES string of the molecule is COCCNCc1ccc(C(=O)N(C)CCN2CCCCC2)cc1. The summed E-state index contributed by atoms with van der Waals surface area (Å²) in [7, 11) is 3.59. The summed E-state index contributed by atoms with van der Waals surface area (Å²) in [5, 5.41) is 3.30. The van der Waals surface area contributed by atoms with E-state index in [0.717, 1.165) is 31.7 Å². The van der Waals surface area contributed by atoms with Gasteiger partial charge in [-0.15, -0.1) is 0 Å². The van der Waals surface area contributed by atoms with Crippen LogP contribution in [0.15, 0.2) is 24.3 Å². The Hall–Kier alpha value is -1.43. The molecule has 0 aliphatic carbocycles. The van der Waals surface area contributed by atoms with Crippen molar-refractivity contribution in [3.8, 4) is 0 Å². The van der Waals surface area contributed by atoms with Gasteiger partial charge in [0.1, 0.15) is 0 Å². The van der Waals surface area contributed by atoms with Crippen molar-refractivity contribution in [2.24, 2.45) is 0 Å². The van der Waals surface area contributed by atoms with Gasteiger partial charge in [0.2, 0.25) is 0 Å². The molecule has 0 saturated carbocycles. The topological polar surface area (TPSA) is 44.8 Å². The third-order valence-corrected chi connectivity index (χ3v) is 4.56. The van der Waals surface area contributed by atoms with Crippen LogP contribution in [0.5, 0.6) is 0 Å². The van der Waals surface area contributed by atoms with Crippen molar-refractivity contribution in [2.45, 2.75) is 25.8 Å². The lowest BCUT2D eigenvalue weighted by molar-refractivity contribution is 0.0773. The third-order valence-electron chi connectivity index (χ3n) is 4.56. The van der Waals surface area contributed by atoms with Gasteiger partial charge < -0.3 is 19.9 Å². The molecule has 1 fully saturated rings. The fraction of sp³-hybridized carbons (Fsp3) is 0.632. The van der Waals surface area contributed by atoms with Gasteiger partial charge in [0.15, 0.2) is 0 Å². The molecule has 1 heterocycles. The summed E-state index contributed by atoms with van der Waals surface area (Å²) in [5.74, 6) is 0.103. The molecular formula is C19H31N3O2. The minimum atomic E-state index is 0.103. The number of nitrogens with zero attached hydrogens (tertiary/aromatic N) is 2. The number of benzene rings is 1. The summed E-state index contributed by atoms with van der Waals surface area (Å²) in [4.78, 5) is 16.8. The lowest BCUT2D eigenvalue weighted by Crippen LogP contribution is -2.38. The molecule has 134 valence electrons. The van der Waals surface area contributed by atoms with E-state index < -0.39 is 0 Å². The fourth-order valence-corrected chi connectivity index (χ4v) is 2.97. The molecule has 1 aromatic rings. The highest BCUT2D eigenvalue weighted by Crippen LogP contribution is 2.10. The van der Waals surface area contributed by atoms with Gasteiger partial charge in [-0.1, -0.05) is 18.6 Å². The van der Waals surface area contributed by atoms with Gasteiger partial charge in [0, 0.05) is 45.9 Å². The number of rotatable bonds is 9. The van der Waals surface area contributed by atoms with Crippen molar-refractivity contribution >= 4 is 5.91 Å². The zero-order valence-electron chi connectivity index (χ0n) is 15.1. The maximum atomic E-state index is 12.5. The summed E-state index contributed by atoms with van der Waals surface area (Å²) in [6.45, 7) is 6.44. The highest BCUT2D eigenvalue weighted by molar-refractivity contribution is 5.94. The molecule has 24 heavy (non-hydrogen) atoms. The molecule has 1 saturated heterocycles. The Morgan fingerprint density at radius 3 is 2.58 bits per heavy atom. The molecule has 1 aliphatic rings. The van der Waals surface area contributed by atoms with E-state index in [9.17, 15) is 4.79 Å². The van der Waals surface area contributed by atoms with E-state index in [2.05, 4.69) is 10.2 Å². The Kier molecular flexibility index (Phi) is 8.22. The van der Waals surface area contributed by atoms with Crippen molar-refractivity contribution < 1.29 is 9.53 Å². The van der Waals surface area contributed by atoms with E-state index in [1.165, 1.54) is 37.9 Å². The van der Waals surface area contributed by atoms with Crippen LogP contribution in [-0.2, 0) is 11.3 Å². The number of methoxy groups -OCH3 is 1. The van der Waals surface area contributed by atoms with Crippen LogP contribution in [0.25, 0.3) is 0 Å². The number of piperidine rings is 1. The first kappa shape index (κ1) is 18.9. The molecule has 0 atom stereocenters. The van der Waals surface area contributed by atoms with E-state index in [1.54, 1.807) is 7.11 Å².